The van der Waals surface area contributed by atoms with E-state index >= 15 is 0 Å². The summed E-state index contributed by atoms with van der Waals surface area (Å²) in [5.41, 5.74) is 0.918. The van der Waals surface area contributed by atoms with Crippen LogP contribution in [0.15, 0.2) is 24.3 Å². The lowest BCUT2D eigenvalue weighted by Gasteiger charge is -2.22. The third kappa shape index (κ3) is 4.03. The minimum atomic E-state index is -0.419. The third-order valence-corrected chi connectivity index (χ3v) is 2.68. The van der Waals surface area contributed by atoms with Crippen LogP contribution in [0.4, 0.5) is 11.4 Å². The van der Waals surface area contributed by atoms with E-state index in [1.807, 2.05) is 0 Å². The van der Waals surface area contributed by atoms with Gasteiger partial charge in [-0.15, -0.1) is 0 Å². The molecule has 17 heavy (non-hydrogen) atoms. The van der Waals surface area contributed by atoms with Gasteiger partial charge in [0, 0.05) is 30.5 Å². The van der Waals surface area contributed by atoms with Crippen molar-refractivity contribution in [2.24, 2.45) is 5.92 Å². The Hall–Kier alpha value is -1.62. The quantitative estimate of drug-likeness (QED) is 0.589. The van der Waals surface area contributed by atoms with Crippen LogP contribution in [-0.4, -0.2) is 22.7 Å². The number of hydrogen-bond acceptors (Lipinski definition) is 4. The molecule has 1 aromatic rings. The normalized spacial score (nSPS) is 12.5. The summed E-state index contributed by atoms with van der Waals surface area (Å²) in [4.78, 5) is 10.1. The lowest BCUT2D eigenvalue weighted by Crippen LogP contribution is -2.26. The first-order chi connectivity index (χ1) is 8.04. The van der Waals surface area contributed by atoms with Crippen LogP contribution in [-0.2, 0) is 0 Å². The van der Waals surface area contributed by atoms with Crippen LogP contribution in [0.25, 0.3) is 0 Å². The maximum Gasteiger partial charge on any atom is 0.269 e. The van der Waals surface area contributed by atoms with Crippen LogP contribution < -0.4 is 5.32 Å². The van der Waals surface area contributed by atoms with Crippen LogP contribution in [0, 0.1) is 16.0 Å². The predicted molar refractivity (Wildman–Crippen MR) is 67.0 cm³/mol. The number of nitro groups is 1. The molecule has 0 aromatic heterocycles. The molecule has 0 bridgehead atoms. The molecule has 5 nitrogen and oxygen atoms in total. The fourth-order valence-corrected chi connectivity index (χ4v) is 1.60. The summed E-state index contributed by atoms with van der Waals surface area (Å²) in [5.74, 6) is 0.386. The molecule has 1 aromatic carbocycles. The number of benzene rings is 1. The second kappa shape index (κ2) is 6.20. The van der Waals surface area contributed by atoms with E-state index in [1.54, 1.807) is 12.1 Å². The Morgan fingerprint density at radius 3 is 2.35 bits per heavy atom. The Labute approximate surface area is 101 Å². The molecule has 0 heterocycles. The maximum atomic E-state index is 10.5. The smallest absolute Gasteiger partial charge is 0.269 e. The Kier molecular flexibility index (Phi) is 4.90. The summed E-state index contributed by atoms with van der Waals surface area (Å²) in [6.07, 6.45) is 0.661. The zero-order valence-electron chi connectivity index (χ0n) is 10.1. The second-order valence-corrected chi connectivity index (χ2v) is 4.31. The van der Waals surface area contributed by atoms with Crippen LogP contribution in [0.2, 0.25) is 0 Å². The van der Waals surface area contributed by atoms with Gasteiger partial charge in [0.25, 0.3) is 5.69 Å². The van der Waals surface area contributed by atoms with Gasteiger partial charge < -0.3 is 10.4 Å². The van der Waals surface area contributed by atoms with Gasteiger partial charge in [-0.05, 0) is 24.5 Å². The minimum Gasteiger partial charge on any atom is -0.396 e. The lowest BCUT2D eigenvalue weighted by molar-refractivity contribution is -0.384. The Bertz CT molecular complexity index is 363. The molecule has 5 heteroatoms. The van der Waals surface area contributed by atoms with Crippen molar-refractivity contribution < 1.29 is 10.0 Å². The fourth-order valence-electron chi connectivity index (χ4n) is 1.60. The number of rotatable bonds is 6. The highest BCUT2D eigenvalue weighted by molar-refractivity contribution is 5.49. The Balaban J connectivity index is 2.69. The van der Waals surface area contributed by atoms with Gasteiger partial charge in [0.1, 0.15) is 0 Å². The van der Waals surface area contributed by atoms with E-state index in [9.17, 15) is 10.1 Å². The standard InChI is InChI=1S/C12H18N2O3/c1-9(2)12(7-8-15)13-10-3-5-11(6-4-10)14(16)17/h3-6,9,12-13,15H,7-8H2,1-2H3/t12-/m0/s1. The number of nitrogens with zero attached hydrogens (tertiary/aromatic N) is 1. The van der Waals surface area contributed by atoms with Crippen molar-refractivity contribution in [3.8, 4) is 0 Å². The summed E-state index contributed by atoms with van der Waals surface area (Å²) in [7, 11) is 0. The summed E-state index contributed by atoms with van der Waals surface area (Å²) >= 11 is 0. The van der Waals surface area contributed by atoms with E-state index in [0.717, 1.165) is 5.69 Å². The van der Waals surface area contributed by atoms with Crippen molar-refractivity contribution in [3.63, 3.8) is 0 Å². The molecule has 0 radical (unpaired) electrons. The van der Waals surface area contributed by atoms with Crippen molar-refractivity contribution in [3.05, 3.63) is 34.4 Å². The highest BCUT2D eigenvalue weighted by Gasteiger charge is 2.13. The van der Waals surface area contributed by atoms with Crippen LogP contribution >= 0.6 is 0 Å². The van der Waals surface area contributed by atoms with Crippen molar-refractivity contribution in [1.82, 2.24) is 0 Å². The average molecular weight is 238 g/mol. The van der Waals surface area contributed by atoms with E-state index in [0.29, 0.717) is 12.3 Å². The Morgan fingerprint density at radius 2 is 1.94 bits per heavy atom. The minimum absolute atomic E-state index is 0.0822. The molecule has 0 aliphatic heterocycles. The van der Waals surface area contributed by atoms with E-state index < -0.39 is 4.92 Å². The summed E-state index contributed by atoms with van der Waals surface area (Å²) in [6, 6.07) is 6.48. The first kappa shape index (κ1) is 13.4. The number of aliphatic hydroxyl groups excluding tert-OH is 1. The summed E-state index contributed by atoms with van der Waals surface area (Å²) in [5, 5.41) is 22.7. The molecule has 1 rings (SSSR count). The monoisotopic (exact) mass is 238 g/mol. The van der Waals surface area contributed by atoms with E-state index in [1.165, 1.54) is 12.1 Å². The molecular weight excluding hydrogens is 220 g/mol. The number of nitrogens with one attached hydrogen (secondary N) is 1. The van der Waals surface area contributed by atoms with Crippen LogP contribution in [0.5, 0.6) is 0 Å². The first-order valence-electron chi connectivity index (χ1n) is 5.66. The van der Waals surface area contributed by atoms with Gasteiger partial charge in [-0.1, -0.05) is 13.8 Å². The van der Waals surface area contributed by atoms with Gasteiger partial charge in [0.15, 0.2) is 0 Å². The van der Waals surface area contributed by atoms with Crippen molar-refractivity contribution >= 4 is 11.4 Å². The zero-order chi connectivity index (χ0) is 12.8. The molecule has 0 saturated carbocycles. The van der Waals surface area contributed by atoms with Crippen LogP contribution in [0.3, 0.4) is 0 Å². The molecule has 0 fully saturated rings. The molecule has 0 amide bonds. The highest BCUT2D eigenvalue weighted by atomic mass is 16.6. The number of nitro benzene ring substituents is 1. The SMILES string of the molecule is CC(C)[C@H](CCO)Nc1ccc([N+](=O)[O-])cc1. The van der Waals surface area contributed by atoms with Gasteiger partial charge in [0.2, 0.25) is 0 Å². The second-order valence-electron chi connectivity index (χ2n) is 4.31. The molecule has 0 spiro atoms. The molecule has 0 unspecified atom stereocenters. The molecule has 0 aliphatic carbocycles. The van der Waals surface area contributed by atoms with Crippen molar-refractivity contribution in [2.45, 2.75) is 26.3 Å². The van der Waals surface area contributed by atoms with Crippen molar-refractivity contribution in [1.29, 1.82) is 0 Å². The first-order valence-corrected chi connectivity index (χ1v) is 5.66. The van der Waals surface area contributed by atoms with E-state index in [2.05, 4.69) is 19.2 Å². The van der Waals surface area contributed by atoms with Gasteiger partial charge in [0.05, 0.1) is 4.92 Å². The zero-order valence-corrected chi connectivity index (χ0v) is 10.1. The van der Waals surface area contributed by atoms with E-state index in [-0.39, 0.29) is 18.3 Å². The summed E-state index contributed by atoms with van der Waals surface area (Å²) < 4.78 is 0. The largest absolute Gasteiger partial charge is 0.396 e. The average Bonchev–Trinajstić information content (AvgIpc) is 2.29. The number of non-ortho nitro benzene ring substituents is 1. The van der Waals surface area contributed by atoms with E-state index in [4.69, 9.17) is 5.11 Å². The molecule has 2 N–H and O–H groups in total. The highest BCUT2D eigenvalue weighted by Crippen LogP contribution is 2.18. The molecule has 0 saturated heterocycles. The van der Waals surface area contributed by atoms with Gasteiger partial charge in [-0.3, -0.25) is 10.1 Å². The molecule has 1 atom stereocenters. The topological polar surface area (TPSA) is 75.4 Å². The molecular formula is C12H18N2O3. The fraction of sp³-hybridized carbons (Fsp3) is 0.500. The lowest BCUT2D eigenvalue weighted by atomic mass is 10.0. The number of anilines is 1. The van der Waals surface area contributed by atoms with Gasteiger partial charge in [-0.2, -0.15) is 0 Å². The maximum absolute atomic E-state index is 10.5. The predicted octanol–water partition coefficient (Wildman–Crippen LogP) is 2.41. The number of aliphatic hydroxyl groups is 1. The third-order valence-electron chi connectivity index (χ3n) is 2.68. The number of hydrogen-bond donors (Lipinski definition) is 2. The molecule has 0 aliphatic rings. The van der Waals surface area contributed by atoms with Crippen molar-refractivity contribution in [2.75, 3.05) is 11.9 Å². The Morgan fingerprint density at radius 1 is 1.35 bits per heavy atom. The van der Waals surface area contributed by atoms with Crippen LogP contribution in [0.1, 0.15) is 20.3 Å². The van der Waals surface area contributed by atoms with Gasteiger partial charge >= 0.3 is 0 Å². The van der Waals surface area contributed by atoms with Gasteiger partial charge in [-0.25, -0.2) is 0 Å². The summed E-state index contributed by atoms with van der Waals surface area (Å²) in [6.45, 7) is 4.26. The molecule has 94 valence electrons.